The van der Waals surface area contributed by atoms with Crippen molar-refractivity contribution in [2.45, 2.75) is 39.0 Å². The highest BCUT2D eigenvalue weighted by Crippen LogP contribution is 2.17. The Hall–Kier alpha value is -0.640. The summed E-state index contributed by atoms with van der Waals surface area (Å²) in [4.78, 5) is 0. The average Bonchev–Trinajstić information content (AvgIpc) is 2.20. The third-order valence-electron chi connectivity index (χ3n) is 2.78. The maximum Gasteiger partial charge on any atom is 0.141 e. The van der Waals surface area contributed by atoms with Crippen LogP contribution in [0.1, 0.15) is 26.3 Å². The highest BCUT2D eigenvalue weighted by Gasteiger charge is 2.22. The van der Waals surface area contributed by atoms with Crippen LogP contribution in [0.2, 0.25) is 5.02 Å². The lowest BCUT2D eigenvalue weighted by Gasteiger charge is -2.29. The summed E-state index contributed by atoms with van der Waals surface area (Å²) in [6.45, 7) is 6.08. The van der Waals surface area contributed by atoms with E-state index >= 15 is 0 Å². The van der Waals surface area contributed by atoms with Gasteiger partial charge in [0.15, 0.2) is 0 Å². The van der Waals surface area contributed by atoms with Crippen LogP contribution in [-0.4, -0.2) is 16.7 Å². The van der Waals surface area contributed by atoms with Gasteiger partial charge in [0.05, 0.1) is 11.1 Å². The van der Waals surface area contributed by atoms with E-state index in [4.69, 9.17) is 11.6 Å². The van der Waals surface area contributed by atoms with Crippen LogP contribution < -0.4 is 5.32 Å². The molecule has 2 N–H and O–H groups in total. The predicted octanol–water partition coefficient (Wildman–Crippen LogP) is 2.73. The van der Waals surface area contributed by atoms with Crippen LogP contribution in [0, 0.1) is 5.82 Å². The van der Waals surface area contributed by atoms with E-state index < -0.39 is 11.9 Å². The number of rotatable bonds is 4. The van der Waals surface area contributed by atoms with Crippen molar-refractivity contribution >= 4 is 11.6 Å². The quantitative estimate of drug-likeness (QED) is 0.855. The Bertz CT molecular complexity index is 366. The lowest BCUT2D eigenvalue weighted by molar-refractivity contribution is 0.0956. The van der Waals surface area contributed by atoms with Crippen LogP contribution in [0.15, 0.2) is 18.2 Å². The number of benzene rings is 1. The molecule has 90 valence electrons. The van der Waals surface area contributed by atoms with Gasteiger partial charge in [0.2, 0.25) is 0 Å². The summed E-state index contributed by atoms with van der Waals surface area (Å²) in [5, 5.41) is 12.8. The van der Waals surface area contributed by atoms with Crippen molar-refractivity contribution in [2.24, 2.45) is 0 Å². The molecular formula is C12H17ClFNO. The predicted molar refractivity (Wildman–Crippen MR) is 64.0 cm³/mol. The van der Waals surface area contributed by atoms with E-state index in [0.717, 1.165) is 5.56 Å². The van der Waals surface area contributed by atoms with E-state index in [2.05, 4.69) is 5.32 Å². The highest BCUT2D eigenvalue weighted by molar-refractivity contribution is 6.30. The van der Waals surface area contributed by atoms with Gasteiger partial charge in [0, 0.05) is 12.1 Å². The van der Waals surface area contributed by atoms with Gasteiger partial charge >= 0.3 is 0 Å². The van der Waals surface area contributed by atoms with Crippen molar-refractivity contribution in [3.05, 3.63) is 34.6 Å². The first kappa shape index (κ1) is 13.4. The van der Waals surface area contributed by atoms with Gasteiger partial charge in [-0.05, 0) is 38.5 Å². The standard InChI is InChI=1S/C12H17ClFNO/c1-8(16)12(2,3)15-7-9-4-5-11(14)10(13)6-9/h4-6,8,15-16H,7H2,1-3H3. The van der Waals surface area contributed by atoms with E-state index in [1.165, 1.54) is 6.07 Å². The molecule has 1 unspecified atom stereocenters. The van der Waals surface area contributed by atoms with E-state index in [1.54, 1.807) is 19.1 Å². The lowest BCUT2D eigenvalue weighted by Crippen LogP contribution is -2.47. The fourth-order valence-electron chi connectivity index (χ4n) is 1.13. The van der Waals surface area contributed by atoms with Gasteiger partial charge < -0.3 is 10.4 Å². The molecule has 2 nitrogen and oxygen atoms in total. The molecule has 0 amide bonds. The Morgan fingerprint density at radius 1 is 1.50 bits per heavy atom. The molecule has 1 rings (SSSR count). The summed E-state index contributed by atoms with van der Waals surface area (Å²) >= 11 is 5.67. The number of halogens is 2. The summed E-state index contributed by atoms with van der Waals surface area (Å²) in [7, 11) is 0. The van der Waals surface area contributed by atoms with E-state index in [1.807, 2.05) is 13.8 Å². The SMILES string of the molecule is CC(O)C(C)(C)NCc1ccc(F)c(Cl)c1. The first-order valence-corrected chi connectivity index (χ1v) is 5.58. The van der Waals surface area contributed by atoms with Gasteiger partial charge in [0.1, 0.15) is 5.82 Å². The molecule has 4 heteroatoms. The summed E-state index contributed by atoms with van der Waals surface area (Å²) in [6.07, 6.45) is -0.469. The molecule has 0 heterocycles. The number of hydrogen-bond donors (Lipinski definition) is 2. The molecule has 0 aliphatic heterocycles. The molecule has 1 aromatic carbocycles. The summed E-state index contributed by atoms with van der Waals surface area (Å²) in [5.41, 5.74) is 0.501. The van der Waals surface area contributed by atoms with Crippen molar-refractivity contribution in [3.8, 4) is 0 Å². The molecule has 0 aliphatic carbocycles. The minimum Gasteiger partial charge on any atom is -0.392 e. The molecule has 0 saturated heterocycles. The van der Waals surface area contributed by atoms with Gasteiger partial charge in [-0.3, -0.25) is 0 Å². The number of aliphatic hydroxyl groups is 1. The second-order valence-corrected chi connectivity index (χ2v) is 4.91. The molecule has 0 aliphatic rings. The average molecular weight is 246 g/mol. The van der Waals surface area contributed by atoms with Gasteiger partial charge in [-0.1, -0.05) is 17.7 Å². The van der Waals surface area contributed by atoms with Crippen molar-refractivity contribution in [2.75, 3.05) is 0 Å². The fourth-order valence-corrected chi connectivity index (χ4v) is 1.33. The van der Waals surface area contributed by atoms with Crippen molar-refractivity contribution in [3.63, 3.8) is 0 Å². The minimum absolute atomic E-state index is 0.120. The van der Waals surface area contributed by atoms with Crippen molar-refractivity contribution in [1.82, 2.24) is 5.32 Å². The fraction of sp³-hybridized carbons (Fsp3) is 0.500. The second kappa shape index (κ2) is 5.13. The Labute approximate surface area is 100 Å². The monoisotopic (exact) mass is 245 g/mol. The molecule has 0 saturated carbocycles. The van der Waals surface area contributed by atoms with Crippen LogP contribution in [0.3, 0.4) is 0 Å². The van der Waals surface area contributed by atoms with Crippen molar-refractivity contribution in [1.29, 1.82) is 0 Å². The lowest BCUT2D eigenvalue weighted by atomic mass is 9.98. The van der Waals surface area contributed by atoms with Gasteiger partial charge in [-0.15, -0.1) is 0 Å². The molecule has 0 fully saturated rings. The first-order chi connectivity index (χ1) is 7.33. The third kappa shape index (κ3) is 3.44. The minimum atomic E-state index is -0.469. The molecule has 1 aromatic rings. The molecule has 0 aromatic heterocycles. The molecule has 0 spiro atoms. The van der Waals surface area contributed by atoms with Crippen LogP contribution in [-0.2, 0) is 6.54 Å². The summed E-state index contributed by atoms with van der Waals surface area (Å²) in [5.74, 6) is -0.416. The zero-order chi connectivity index (χ0) is 12.3. The summed E-state index contributed by atoms with van der Waals surface area (Å²) in [6, 6.07) is 4.60. The number of nitrogens with one attached hydrogen (secondary N) is 1. The zero-order valence-corrected chi connectivity index (χ0v) is 10.5. The molecule has 16 heavy (non-hydrogen) atoms. The maximum absolute atomic E-state index is 12.9. The Kier molecular flexibility index (Phi) is 4.30. The van der Waals surface area contributed by atoms with Crippen LogP contribution in [0.4, 0.5) is 4.39 Å². The Balaban J connectivity index is 2.65. The van der Waals surface area contributed by atoms with E-state index in [0.29, 0.717) is 6.54 Å². The molecule has 0 radical (unpaired) electrons. The number of hydrogen-bond acceptors (Lipinski definition) is 2. The van der Waals surface area contributed by atoms with Crippen LogP contribution in [0.25, 0.3) is 0 Å². The Morgan fingerprint density at radius 2 is 2.12 bits per heavy atom. The van der Waals surface area contributed by atoms with Gasteiger partial charge in [-0.25, -0.2) is 4.39 Å². The van der Waals surface area contributed by atoms with Crippen LogP contribution in [0.5, 0.6) is 0 Å². The molecule has 1 atom stereocenters. The summed E-state index contributed by atoms with van der Waals surface area (Å²) < 4.78 is 12.9. The van der Waals surface area contributed by atoms with E-state index in [9.17, 15) is 9.50 Å². The number of aliphatic hydroxyl groups excluding tert-OH is 1. The van der Waals surface area contributed by atoms with Gasteiger partial charge in [-0.2, -0.15) is 0 Å². The zero-order valence-electron chi connectivity index (χ0n) is 9.72. The molecule has 0 bridgehead atoms. The van der Waals surface area contributed by atoms with Crippen LogP contribution >= 0.6 is 11.6 Å². The first-order valence-electron chi connectivity index (χ1n) is 5.20. The Morgan fingerprint density at radius 3 is 2.62 bits per heavy atom. The van der Waals surface area contributed by atoms with Gasteiger partial charge in [0.25, 0.3) is 0 Å². The van der Waals surface area contributed by atoms with E-state index in [-0.39, 0.29) is 10.6 Å². The largest absolute Gasteiger partial charge is 0.392 e. The third-order valence-corrected chi connectivity index (χ3v) is 3.07. The smallest absolute Gasteiger partial charge is 0.141 e. The topological polar surface area (TPSA) is 32.3 Å². The highest BCUT2D eigenvalue weighted by atomic mass is 35.5. The second-order valence-electron chi connectivity index (χ2n) is 4.50. The molecular weight excluding hydrogens is 229 g/mol. The van der Waals surface area contributed by atoms with Crippen molar-refractivity contribution < 1.29 is 9.50 Å². The normalized spacial score (nSPS) is 13.9. The maximum atomic E-state index is 12.9.